The first-order valence-corrected chi connectivity index (χ1v) is 9.56. The van der Waals surface area contributed by atoms with Crippen LogP contribution in [0.3, 0.4) is 0 Å². The Bertz CT molecular complexity index is 833. The van der Waals surface area contributed by atoms with Crippen LogP contribution in [0.4, 0.5) is 8.78 Å². The maximum atomic E-state index is 14.5. The standard InChI is InChI=1S/C16H18F2N2.C7H8/c1-10-2-4-11(5-3-10)15-14(18)16(20-19-15)12-6-8-13(17)9-7-12;1-7-5-3-2-4-6-7/h6-11H,2-5H2,1H3,(H,19,20);2-6H,1H3. The summed E-state index contributed by atoms with van der Waals surface area (Å²) in [5.41, 5.74) is 2.83. The molecule has 3 aromatic rings. The SMILES string of the molecule is CC1CCC(c2[nH]nc(-c3ccc(F)cc3)c2F)CC1.Cc1ccccc1. The van der Waals surface area contributed by atoms with Crippen LogP contribution in [0.1, 0.15) is 49.8 Å². The van der Waals surface area contributed by atoms with E-state index in [4.69, 9.17) is 0 Å². The average Bonchev–Trinajstić information content (AvgIpc) is 3.06. The Morgan fingerprint density at radius 1 is 0.889 bits per heavy atom. The van der Waals surface area contributed by atoms with E-state index in [9.17, 15) is 8.78 Å². The number of H-pyrrole nitrogens is 1. The van der Waals surface area contributed by atoms with Gasteiger partial charge in [-0.05, 0) is 49.9 Å². The van der Waals surface area contributed by atoms with E-state index < -0.39 is 0 Å². The largest absolute Gasteiger partial charge is 0.279 e. The Morgan fingerprint density at radius 2 is 1.52 bits per heavy atom. The van der Waals surface area contributed by atoms with E-state index in [1.807, 2.05) is 18.2 Å². The van der Waals surface area contributed by atoms with Gasteiger partial charge in [-0.25, -0.2) is 8.78 Å². The van der Waals surface area contributed by atoms with Gasteiger partial charge in [0.15, 0.2) is 5.82 Å². The number of nitrogens with one attached hydrogen (secondary N) is 1. The van der Waals surface area contributed by atoms with Crippen LogP contribution < -0.4 is 0 Å². The first-order chi connectivity index (χ1) is 13.0. The van der Waals surface area contributed by atoms with Crippen molar-refractivity contribution in [2.24, 2.45) is 5.92 Å². The highest BCUT2D eigenvalue weighted by Crippen LogP contribution is 2.37. The van der Waals surface area contributed by atoms with E-state index in [2.05, 4.69) is 36.2 Å². The lowest BCUT2D eigenvalue weighted by molar-refractivity contribution is 0.338. The average molecular weight is 368 g/mol. The molecule has 27 heavy (non-hydrogen) atoms. The van der Waals surface area contributed by atoms with Gasteiger partial charge in [0.2, 0.25) is 0 Å². The lowest BCUT2D eigenvalue weighted by Crippen LogP contribution is -2.12. The van der Waals surface area contributed by atoms with Crippen molar-refractivity contribution in [2.45, 2.75) is 45.4 Å². The van der Waals surface area contributed by atoms with E-state index >= 15 is 0 Å². The molecule has 0 unspecified atom stereocenters. The highest BCUT2D eigenvalue weighted by molar-refractivity contribution is 5.60. The number of rotatable bonds is 2. The van der Waals surface area contributed by atoms with Gasteiger partial charge in [0, 0.05) is 11.5 Å². The quantitative estimate of drug-likeness (QED) is 0.539. The molecule has 0 amide bonds. The summed E-state index contributed by atoms with van der Waals surface area (Å²) in [4.78, 5) is 0. The maximum Gasteiger partial charge on any atom is 0.172 e. The molecule has 1 N–H and O–H groups in total. The number of hydrogen-bond acceptors (Lipinski definition) is 1. The van der Waals surface area contributed by atoms with Gasteiger partial charge in [0.05, 0.1) is 5.69 Å². The first kappa shape index (κ1) is 19.3. The van der Waals surface area contributed by atoms with Crippen LogP contribution in [0.25, 0.3) is 11.3 Å². The minimum atomic E-state index is -0.328. The first-order valence-electron chi connectivity index (χ1n) is 9.56. The molecule has 1 fully saturated rings. The predicted octanol–water partition coefficient (Wildman–Crippen LogP) is 6.64. The Morgan fingerprint density at radius 3 is 2.07 bits per heavy atom. The predicted molar refractivity (Wildman–Crippen MR) is 105 cm³/mol. The molecular weight excluding hydrogens is 342 g/mol. The van der Waals surface area contributed by atoms with Crippen molar-refractivity contribution in [3.63, 3.8) is 0 Å². The fourth-order valence-electron chi connectivity index (χ4n) is 3.49. The molecule has 1 aromatic heterocycles. The van der Waals surface area contributed by atoms with Gasteiger partial charge in [0.1, 0.15) is 11.5 Å². The van der Waals surface area contributed by atoms with Crippen molar-refractivity contribution in [1.82, 2.24) is 10.2 Å². The molecule has 0 aliphatic heterocycles. The summed E-state index contributed by atoms with van der Waals surface area (Å²) < 4.78 is 27.4. The smallest absolute Gasteiger partial charge is 0.172 e. The van der Waals surface area contributed by atoms with Gasteiger partial charge in [-0.1, -0.05) is 55.7 Å². The van der Waals surface area contributed by atoms with Crippen molar-refractivity contribution in [3.8, 4) is 11.3 Å². The number of nitrogens with zero attached hydrogens (tertiary/aromatic N) is 1. The topological polar surface area (TPSA) is 28.7 Å². The summed E-state index contributed by atoms with van der Waals surface area (Å²) in [7, 11) is 0. The van der Waals surface area contributed by atoms with Crippen LogP contribution in [0.5, 0.6) is 0 Å². The van der Waals surface area contributed by atoms with E-state index in [0.29, 0.717) is 17.0 Å². The second-order valence-corrected chi connectivity index (χ2v) is 7.42. The molecule has 2 nitrogen and oxygen atoms in total. The number of halogens is 2. The van der Waals surface area contributed by atoms with Crippen LogP contribution in [-0.2, 0) is 0 Å². The zero-order valence-corrected chi connectivity index (χ0v) is 15.9. The molecule has 4 heteroatoms. The van der Waals surface area contributed by atoms with Gasteiger partial charge in [0.25, 0.3) is 0 Å². The minimum Gasteiger partial charge on any atom is -0.279 e. The summed E-state index contributed by atoms with van der Waals surface area (Å²) in [6.45, 7) is 4.32. The van der Waals surface area contributed by atoms with Crippen molar-refractivity contribution < 1.29 is 8.78 Å². The molecule has 1 heterocycles. The normalized spacial score (nSPS) is 19.3. The summed E-state index contributed by atoms with van der Waals surface area (Å²) in [5, 5.41) is 6.94. The van der Waals surface area contributed by atoms with E-state index in [0.717, 1.165) is 31.6 Å². The zero-order valence-electron chi connectivity index (χ0n) is 15.9. The Balaban J connectivity index is 0.000000253. The van der Waals surface area contributed by atoms with Gasteiger partial charge < -0.3 is 0 Å². The molecule has 4 rings (SSSR count). The third kappa shape index (κ3) is 5.03. The number of aryl methyl sites for hydroxylation is 1. The van der Waals surface area contributed by atoms with Gasteiger partial charge >= 0.3 is 0 Å². The van der Waals surface area contributed by atoms with Crippen LogP contribution in [-0.4, -0.2) is 10.2 Å². The molecule has 142 valence electrons. The van der Waals surface area contributed by atoms with E-state index in [1.54, 1.807) is 12.1 Å². The zero-order chi connectivity index (χ0) is 19.2. The Labute approximate surface area is 159 Å². The summed E-state index contributed by atoms with van der Waals surface area (Å²) in [6, 6.07) is 16.0. The molecule has 0 atom stereocenters. The molecule has 0 bridgehead atoms. The van der Waals surface area contributed by atoms with Gasteiger partial charge in [-0.2, -0.15) is 5.10 Å². The molecule has 1 aliphatic carbocycles. The number of aromatic nitrogens is 2. The van der Waals surface area contributed by atoms with Crippen molar-refractivity contribution in [2.75, 3.05) is 0 Å². The fraction of sp³-hybridized carbons (Fsp3) is 0.348. The van der Waals surface area contributed by atoms with E-state index in [-0.39, 0.29) is 17.6 Å². The molecule has 0 radical (unpaired) electrons. The number of hydrogen-bond donors (Lipinski definition) is 1. The third-order valence-corrected chi connectivity index (χ3v) is 5.21. The highest BCUT2D eigenvalue weighted by Gasteiger charge is 2.26. The van der Waals surface area contributed by atoms with Crippen molar-refractivity contribution in [3.05, 3.63) is 77.5 Å². The second-order valence-electron chi connectivity index (χ2n) is 7.42. The highest BCUT2D eigenvalue weighted by atomic mass is 19.1. The molecule has 1 aliphatic rings. The second kappa shape index (κ2) is 8.94. The maximum absolute atomic E-state index is 14.5. The molecule has 1 saturated carbocycles. The fourth-order valence-corrected chi connectivity index (χ4v) is 3.49. The molecular formula is C23H26F2N2. The molecule has 2 aromatic carbocycles. The van der Waals surface area contributed by atoms with Crippen molar-refractivity contribution in [1.29, 1.82) is 0 Å². The third-order valence-electron chi connectivity index (χ3n) is 5.21. The van der Waals surface area contributed by atoms with Crippen LogP contribution in [0.15, 0.2) is 54.6 Å². The van der Waals surface area contributed by atoms with Crippen LogP contribution >= 0.6 is 0 Å². The summed E-state index contributed by atoms with van der Waals surface area (Å²) in [6.07, 6.45) is 4.27. The Hall–Kier alpha value is -2.49. The minimum absolute atomic E-state index is 0.230. The summed E-state index contributed by atoms with van der Waals surface area (Å²) in [5.74, 6) is 0.351. The van der Waals surface area contributed by atoms with Crippen LogP contribution in [0.2, 0.25) is 0 Å². The number of aromatic amines is 1. The van der Waals surface area contributed by atoms with Gasteiger partial charge in [-0.3, -0.25) is 5.10 Å². The lowest BCUT2D eigenvalue weighted by atomic mass is 9.81. The monoisotopic (exact) mass is 368 g/mol. The molecule has 0 saturated heterocycles. The summed E-state index contributed by atoms with van der Waals surface area (Å²) >= 11 is 0. The lowest BCUT2D eigenvalue weighted by Gasteiger charge is -2.25. The number of benzene rings is 2. The van der Waals surface area contributed by atoms with Gasteiger partial charge in [-0.15, -0.1) is 0 Å². The van der Waals surface area contributed by atoms with E-state index in [1.165, 1.54) is 17.7 Å². The van der Waals surface area contributed by atoms with Crippen LogP contribution in [0, 0.1) is 24.5 Å². The van der Waals surface area contributed by atoms with Crippen molar-refractivity contribution >= 4 is 0 Å². The Kier molecular flexibility index (Phi) is 6.38. The molecule has 0 spiro atoms.